The van der Waals surface area contributed by atoms with E-state index in [2.05, 4.69) is 20.9 Å². The number of ether oxygens (including phenoxy) is 2. The Balaban J connectivity index is 2.31. The monoisotopic (exact) mass is 516 g/mol. The number of benzene rings is 1. The van der Waals surface area contributed by atoms with Crippen LogP contribution in [-0.2, 0) is 30.3 Å². The van der Waals surface area contributed by atoms with Gasteiger partial charge in [0, 0.05) is 19.9 Å². The van der Waals surface area contributed by atoms with Gasteiger partial charge in [-0.15, -0.1) is 0 Å². The number of nitrogens with zero attached hydrogens (tertiary/aromatic N) is 1. The second-order valence-corrected chi connectivity index (χ2v) is 8.57. The maximum absolute atomic E-state index is 13.2. The second kappa shape index (κ2) is 15.1. The molecule has 12 heteroatoms. The Labute approximate surface area is 216 Å². The summed E-state index contributed by atoms with van der Waals surface area (Å²) in [5, 5.41) is 8.05. The van der Waals surface area contributed by atoms with Crippen LogP contribution in [0.2, 0.25) is 0 Å². The fraction of sp³-hybridized carbons (Fsp3) is 0.480. The largest absolute Gasteiger partial charge is 0.490 e. The molecule has 0 fully saturated rings. The molecule has 0 saturated carbocycles. The average Bonchev–Trinajstić information content (AvgIpc) is 2.86. The van der Waals surface area contributed by atoms with Gasteiger partial charge < -0.3 is 36.9 Å². The first-order valence-electron chi connectivity index (χ1n) is 12.1. The van der Waals surface area contributed by atoms with Crippen molar-refractivity contribution in [3.8, 4) is 5.75 Å². The number of aliphatic imine (C=N–C) groups is 1. The molecule has 202 valence electrons. The summed E-state index contributed by atoms with van der Waals surface area (Å²) >= 11 is 0. The molecule has 3 amide bonds. The van der Waals surface area contributed by atoms with Gasteiger partial charge in [0.2, 0.25) is 17.7 Å². The number of rotatable bonds is 7. The van der Waals surface area contributed by atoms with Gasteiger partial charge in [-0.3, -0.25) is 19.4 Å². The van der Waals surface area contributed by atoms with Crippen molar-refractivity contribution in [2.75, 3.05) is 20.3 Å². The number of nitrogens with one attached hydrogen (secondary N) is 3. The first-order chi connectivity index (χ1) is 17.7. The van der Waals surface area contributed by atoms with Gasteiger partial charge in [-0.2, -0.15) is 0 Å². The number of amides is 3. The van der Waals surface area contributed by atoms with Crippen LogP contribution in [0.25, 0.3) is 0 Å². The van der Waals surface area contributed by atoms with E-state index in [1.807, 2.05) is 0 Å². The third-order valence-electron chi connectivity index (χ3n) is 5.57. The Hall–Kier alpha value is -4.09. The van der Waals surface area contributed by atoms with E-state index in [9.17, 15) is 19.2 Å². The van der Waals surface area contributed by atoms with Crippen LogP contribution in [0.5, 0.6) is 5.75 Å². The van der Waals surface area contributed by atoms with E-state index in [0.29, 0.717) is 25.1 Å². The van der Waals surface area contributed by atoms with Crippen LogP contribution in [0.1, 0.15) is 38.2 Å². The molecule has 0 aromatic heterocycles. The molecule has 0 aliphatic carbocycles. The fourth-order valence-corrected chi connectivity index (χ4v) is 3.69. The normalized spacial score (nSPS) is 21.4. The number of hydrogen-bond acceptors (Lipinski definition) is 7. The molecule has 3 rings (SSSR count). The molecule has 2 aliphatic rings. The van der Waals surface area contributed by atoms with Gasteiger partial charge in [-0.1, -0.05) is 24.3 Å². The van der Waals surface area contributed by atoms with Crippen molar-refractivity contribution in [3.05, 3.63) is 42.0 Å². The summed E-state index contributed by atoms with van der Waals surface area (Å²) in [5.41, 5.74) is 11.5. The van der Waals surface area contributed by atoms with Crippen LogP contribution < -0.4 is 32.2 Å². The topological polar surface area (TPSA) is 187 Å². The molecule has 3 atom stereocenters. The Kier molecular flexibility index (Phi) is 11.9. The van der Waals surface area contributed by atoms with Crippen molar-refractivity contribution < 1.29 is 28.7 Å². The number of guanidine groups is 1. The number of fused-ring (bicyclic) bond motifs is 13. The first-order valence-corrected chi connectivity index (χ1v) is 12.1. The predicted octanol–water partition coefficient (Wildman–Crippen LogP) is -0.341. The third-order valence-corrected chi connectivity index (χ3v) is 5.57. The first kappa shape index (κ1) is 29.1. The van der Waals surface area contributed by atoms with Gasteiger partial charge in [0.1, 0.15) is 30.5 Å². The van der Waals surface area contributed by atoms with Crippen molar-refractivity contribution in [2.24, 2.45) is 16.5 Å². The zero-order valence-corrected chi connectivity index (χ0v) is 21.2. The van der Waals surface area contributed by atoms with E-state index in [0.717, 1.165) is 5.56 Å². The lowest BCUT2D eigenvalue weighted by Gasteiger charge is -2.24. The van der Waals surface area contributed by atoms with E-state index in [-0.39, 0.29) is 37.7 Å². The molecule has 0 saturated heterocycles. The van der Waals surface area contributed by atoms with Crippen LogP contribution in [0, 0.1) is 0 Å². The van der Waals surface area contributed by atoms with Crippen LogP contribution in [-0.4, -0.2) is 68.0 Å². The molecule has 2 bridgehead atoms. The zero-order valence-electron chi connectivity index (χ0n) is 21.2. The van der Waals surface area contributed by atoms with Crippen molar-refractivity contribution in [3.63, 3.8) is 0 Å². The molecular formula is C25H36N6O6. The molecule has 0 radical (unpaired) electrons. The fourth-order valence-electron chi connectivity index (χ4n) is 3.69. The van der Waals surface area contributed by atoms with E-state index in [1.54, 1.807) is 36.4 Å². The summed E-state index contributed by atoms with van der Waals surface area (Å²) in [7, 11) is 1.23. The van der Waals surface area contributed by atoms with Crippen molar-refractivity contribution in [2.45, 2.75) is 57.2 Å². The highest BCUT2D eigenvalue weighted by atomic mass is 16.5. The van der Waals surface area contributed by atoms with Crippen molar-refractivity contribution >= 4 is 29.7 Å². The van der Waals surface area contributed by atoms with Gasteiger partial charge >= 0.3 is 5.97 Å². The van der Waals surface area contributed by atoms with Crippen LogP contribution in [0.3, 0.4) is 0 Å². The summed E-state index contributed by atoms with van der Waals surface area (Å²) < 4.78 is 10.5. The highest BCUT2D eigenvalue weighted by Crippen LogP contribution is 2.15. The minimum absolute atomic E-state index is 0.0305. The molecule has 0 spiro atoms. The summed E-state index contributed by atoms with van der Waals surface area (Å²) in [5.74, 6) is -1.50. The number of nitrogens with two attached hydrogens (primary N) is 2. The van der Waals surface area contributed by atoms with E-state index >= 15 is 0 Å². The smallest absolute Gasteiger partial charge is 0.328 e. The van der Waals surface area contributed by atoms with Crippen LogP contribution in [0.15, 0.2) is 41.4 Å². The van der Waals surface area contributed by atoms with Gasteiger partial charge in [0.05, 0.1) is 7.11 Å². The van der Waals surface area contributed by atoms with Crippen LogP contribution in [0.4, 0.5) is 0 Å². The Bertz CT molecular complexity index is 990. The van der Waals surface area contributed by atoms with Crippen molar-refractivity contribution in [1.29, 1.82) is 0 Å². The molecule has 2 heterocycles. The summed E-state index contributed by atoms with van der Waals surface area (Å²) in [6.45, 7) is 1.94. The number of methoxy groups -OCH3 is 1. The minimum atomic E-state index is -0.972. The molecule has 1 aromatic carbocycles. The zero-order chi connectivity index (χ0) is 27.2. The molecule has 37 heavy (non-hydrogen) atoms. The maximum Gasteiger partial charge on any atom is 0.328 e. The molecule has 2 aliphatic heterocycles. The van der Waals surface area contributed by atoms with E-state index < -0.39 is 35.9 Å². The highest BCUT2D eigenvalue weighted by Gasteiger charge is 2.29. The van der Waals surface area contributed by atoms with Gasteiger partial charge in [-0.05, 0) is 43.4 Å². The number of unbranched alkanes of at least 4 members (excludes halogenated alkanes) is 1. The standard InChI is InChI=1S/C25H36N6O6/c1-16(32)29-21-15-17-9-11-18(12-10-17)37-14-6-4-8-20(24(35)36-2)31-22(33)19(30-23(21)34)7-3-5-13-28-25(26)27/h4,6,9-12,19-21H,3,5,7-8,13-15H2,1-2H3,(H,29,32)(H,30,34)(H,31,33)(H4,26,27,28)/b6-4-. The van der Waals surface area contributed by atoms with Gasteiger partial charge in [0.25, 0.3) is 0 Å². The molecular weight excluding hydrogens is 480 g/mol. The summed E-state index contributed by atoms with van der Waals surface area (Å²) in [6.07, 6.45) is 5.17. The lowest BCUT2D eigenvalue weighted by molar-refractivity contribution is -0.145. The van der Waals surface area contributed by atoms with Crippen LogP contribution >= 0.6 is 0 Å². The average molecular weight is 517 g/mol. The number of carbonyl (C=O) groups excluding carboxylic acids is 4. The molecule has 3 unspecified atom stereocenters. The molecule has 12 nitrogen and oxygen atoms in total. The highest BCUT2D eigenvalue weighted by molar-refractivity contribution is 5.93. The molecule has 1 aromatic rings. The lowest BCUT2D eigenvalue weighted by Crippen LogP contribution is -2.56. The van der Waals surface area contributed by atoms with E-state index in [4.69, 9.17) is 20.9 Å². The quantitative estimate of drug-likeness (QED) is 0.107. The summed E-state index contributed by atoms with van der Waals surface area (Å²) in [4.78, 5) is 54.5. The minimum Gasteiger partial charge on any atom is -0.490 e. The Morgan fingerprint density at radius 3 is 2.49 bits per heavy atom. The maximum atomic E-state index is 13.2. The van der Waals surface area contributed by atoms with Gasteiger partial charge in [-0.25, -0.2) is 4.79 Å². The Morgan fingerprint density at radius 2 is 1.84 bits per heavy atom. The van der Waals surface area contributed by atoms with Crippen molar-refractivity contribution in [1.82, 2.24) is 16.0 Å². The third kappa shape index (κ3) is 10.6. The van der Waals surface area contributed by atoms with Gasteiger partial charge in [0.15, 0.2) is 5.96 Å². The summed E-state index contributed by atoms with van der Waals surface area (Å²) in [6, 6.07) is 4.30. The Morgan fingerprint density at radius 1 is 1.11 bits per heavy atom. The SMILES string of the molecule is COC(=O)C1C/C=C\COc2ccc(cc2)CC(NC(C)=O)C(=O)NC(CCCCN=C(N)N)C(=O)N1. The number of esters is 1. The van der Waals surface area contributed by atoms with E-state index in [1.165, 1.54) is 14.0 Å². The predicted molar refractivity (Wildman–Crippen MR) is 137 cm³/mol. The lowest BCUT2D eigenvalue weighted by atomic mass is 10.0. The molecule has 7 N–H and O–H groups in total. The second-order valence-electron chi connectivity index (χ2n) is 8.57. The number of carbonyl (C=O) groups is 4. The number of hydrogen-bond donors (Lipinski definition) is 5.